The van der Waals surface area contributed by atoms with Crippen LogP contribution in [0, 0.1) is 6.92 Å². The van der Waals surface area contributed by atoms with Crippen molar-refractivity contribution in [3.05, 3.63) is 72.3 Å². The molecule has 0 bridgehead atoms. The van der Waals surface area contributed by atoms with Crippen LogP contribution < -0.4 is 10.1 Å². The predicted molar refractivity (Wildman–Crippen MR) is 100 cm³/mol. The molecule has 0 atom stereocenters. The molecule has 0 radical (unpaired) electrons. The molecule has 0 saturated heterocycles. The second-order valence-corrected chi connectivity index (χ2v) is 5.84. The summed E-state index contributed by atoms with van der Waals surface area (Å²) in [6, 6.07) is 20.7. The Morgan fingerprint density at radius 2 is 1.69 bits per heavy atom. The van der Waals surface area contributed by atoms with Crippen molar-refractivity contribution in [2.45, 2.75) is 6.92 Å². The Kier molecular flexibility index (Phi) is 5.49. The fourth-order valence-electron chi connectivity index (χ4n) is 2.56. The Morgan fingerprint density at radius 3 is 2.54 bits per heavy atom. The van der Waals surface area contributed by atoms with E-state index in [0.29, 0.717) is 11.4 Å². The van der Waals surface area contributed by atoms with Crippen molar-refractivity contribution in [2.24, 2.45) is 0 Å². The van der Waals surface area contributed by atoms with Gasteiger partial charge in [0.15, 0.2) is 13.2 Å². The topological polar surface area (TPSA) is 64.6 Å². The van der Waals surface area contributed by atoms with Gasteiger partial charge < -0.3 is 14.8 Å². The molecule has 3 rings (SSSR count). The average Bonchev–Trinajstić information content (AvgIpc) is 2.65. The molecule has 0 aliphatic rings. The lowest BCUT2D eigenvalue weighted by Gasteiger charge is -2.10. The molecule has 0 heterocycles. The van der Waals surface area contributed by atoms with Crippen molar-refractivity contribution in [1.82, 2.24) is 0 Å². The number of rotatable bonds is 6. The summed E-state index contributed by atoms with van der Waals surface area (Å²) in [6.45, 7) is 1.33. The van der Waals surface area contributed by atoms with Crippen LogP contribution in [0.1, 0.15) is 5.56 Å². The summed E-state index contributed by atoms with van der Waals surface area (Å²) in [4.78, 5) is 23.8. The van der Waals surface area contributed by atoms with E-state index in [1.807, 2.05) is 67.6 Å². The van der Waals surface area contributed by atoms with Crippen molar-refractivity contribution in [2.75, 3.05) is 18.5 Å². The number of aryl methyl sites for hydroxylation is 1. The molecule has 0 aliphatic heterocycles. The summed E-state index contributed by atoms with van der Waals surface area (Å²) < 4.78 is 10.3. The normalized spacial score (nSPS) is 10.3. The number of hydrogen-bond acceptors (Lipinski definition) is 4. The molecular formula is C21H19NO4. The second kappa shape index (κ2) is 8.16. The minimum absolute atomic E-state index is 0.245. The van der Waals surface area contributed by atoms with Gasteiger partial charge in [0.25, 0.3) is 5.91 Å². The number of esters is 1. The highest BCUT2D eigenvalue weighted by molar-refractivity contribution is 6.02. The standard InChI is InChI=1S/C21H19NO4/c1-15-6-4-9-17(12-15)25-14-21(24)26-13-20(23)22-19-11-5-8-16-7-2-3-10-18(16)19/h2-12H,13-14H2,1H3,(H,22,23). The van der Waals surface area contributed by atoms with Gasteiger partial charge in [-0.25, -0.2) is 4.79 Å². The van der Waals surface area contributed by atoms with Gasteiger partial charge in [0.2, 0.25) is 0 Å². The van der Waals surface area contributed by atoms with Gasteiger partial charge in [-0.05, 0) is 36.1 Å². The van der Waals surface area contributed by atoms with Crippen molar-refractivity contribution in [1.29, 1.82) is 0 Å². The minimum atomic E-state index is -0.598. The fraction of sp³-hybridized carbons (Fsp3) is 0.143. The largest absolute Gasteiger partial charge is 0.482 e. The first-order valence-electron chi connectivity index (χ1n) is 8.24. The molecular weight excluding hydrogens is 330 g/mol. The highest BCUT2D eigenvalue weighted by atomic mass is 16.6. The summed E-state index contributed by atoms with van der Waals surface area (Å²) in [6.07, 6.45) is 0. The molecule has 132 valence electrons. The maximum atomic E-state index is 12.1. The van der Waals surface area contributed by atoms with E-state index >= 15 is 0 Å². The van der Waals surface area contributed by atoms with Crippen LogP contribution in [0.4, 0.5) is 5.69 Å². The van der Waals surface area contributed by atoms with Crippen LogP contribution in [0.15, 0.2) is 66.7 Å². The van der Waals surface area contributed by atoms with Gasteiger partial charge in [0.05, 0.1) is 0 Å². The number of benzene rings is 3. The lowest BCUT2D eigenvalue weighted by atomic mass is 10.1. The highest BCUT2D eigenvalue weighted by Crippen LogP contribution is 2.22. The minimum Gasteiger partial charge on any atom is -0.482 e. The number of nitrogens with one attached hydrogen (secondary N) is 1. The molecule has 1 N–H and O–H groups in total. The quantitative estimate of drug-likeness (QED) is 0.689. The SMILES string of the molecule is Cc1cccc(OCC(=O)OCC(=O)Nc2cccc3ccccc23)c1. The van der Waals surface area contributed by atoms with Crippen molar-refractivity contribution in [3.8, 4) is 5.75 Å². The number of amides is 1. The fourth-order valence-corrected chi connectivity index (χ4v) is 2.56. The van der Waals surface area contributed by atoms with Crippen LogP contribution >= 0.6 is 0 Å². The molecule has 0 aliphatic carbocycles. The number of carbonyl (C=O) groups excluding carboxylic acids is 2. The third-order valence-electron chi connectivity index (χ3n) is 3.77. The highest BCUT2D eigenvalue weighted by Gasteiger charge is 2.10. The van der Waals surface area contributed by atoms with Gasteiger partial charge in [-0.1, -0.05) is 48.5 Å². The van der Waals surface area contributed by atoms with Gasteiger partial charge in [-0.2, -0.15) is 0 Å². The third-order valence-corrected chi connectivity index (χ3v) is 3.77. The summed E-state index contributed by atoms with van der Waals surface area (Å²) in [5.41, 5.74) is 1.71. The Hall–Kier alpha value is -3.34. The second-order valence-electron chi connectivity index (χ2n) is 5.84. The molecule has 5 heteroatoms. The van der Waals surface area contributed by atoms with E-state index in [-0.39, 0.29) is 13.2 Å². The predicted octanol–water partition coefficient (Wildman–Crippen LogP) is 3.71. The first-order valence-corrected chi connectivity index (χ1v) is 8.24. The Balaban J connectivity index is 1.50. The van der Waals surface area contributed by atoms with Gasteiger partial charge in [0, 0.05) is 11.1 Å². The molecule has 3 aromatic rings. The van der Waals surface area contributed by atoms with E-state index < -0.39 is 11.9 Å². The summed E-state index contributed by atoms with van der Waals surface area (Å²) in [5.74, 6) is -0.410. The van der Waals surface area contributed by atoms with E-state index in [4.69, 9.17) is 9.47 Å². The smallest absolute Gasteiger partial charge is 0.344 e. The first kappa shape index (κ1) is 17.5. The van der Waals surface area contributed by atoms with Gasteiger partial charge in [0.1, 0.15) is 5.75 Å². The number of hydrogen-bond donors (Lipinski definition) is 1. The zero-order valence-electron chi connectivity index (χ0n) is 14.4. The number of carbonyl (C=O) groups is 2. The Labute approximate surface area is 151 Å². The van der Waals surface area contributed by atoms with Crippen molar-refractivity contribution in [3.63, 3.8) is 0 Å². The molecule has 1 amide bonds. The Morgan fingerprint density at radius 1 is 0.923 bits per heavy atom. The molecule has 26 heavy (non-hydrogen) atoms. The van der Waals surface area contributed by atoms with Crippen LogP contribution in [-0.2, 0) is 14.3 Å². The average molecular weight is 349 g/mol. The number of fused-ring (bicyclic) bond motifs is 1. The molecule has 5 nitrogen and oxygen atoms in total. The lowest BCUT2D eigenvalue weighted by Crippen LogP contribution is -2.23. The van der Waals surface area contributed by atoms with Crippen LogP contribution in [0.3, 0.4) is 0 Å². The zero-order chi connectivity index (χ0) is 18.4. The van der Waals surface area contributed by atoms with Gasteiger partial charge in [-0.3, -0.25) is 4.79 Å². The molecule has 0 aromatic heterocycles. The summed E-state index contributed by atoms with van der Waals surface area (Å²) in [5, 5.41) is 4.71. The van der Waals surface area contributed by atoms with E-state index in [2.05, 4.69) is 5.32 Å². The van der Waals surface area contributed by atoms with Gasteiger partial charge >= 0.3 is 5.97 Å². The monoisotopic (exact) mass is 349 g/mol. The zero-order valence-corrected chi connectivity index (χ0v) is 14.4. The van der Waals surface area contributed by atoms with Crippen molar-refractivity contribution < 1.29 is 19.1 Å². The van der Waals surface area contributed by atoms with E-state index in [9.17, 15) is 9.59 Å². The van der Waals surface area contributed by atoms with Crippen LogP contribution in [-0.4, -0.2) is 25.1 Å². The maximum absolute atomic E-state index is 12.1. The van der Waals surface area contributed by atoms with Crippen LogP contribution in [0.25, 0.3) is 10.8 Å². The van der Waals surface area contributed by atoms with Crippen LogP contribution in [0.2, 0.25) is 0 Å². The van der Waals surface area contributed by atoms with E-state index in [0.717, 1.165) is 16.3 Å². The molecule has 0 fully saturated rings. The van der Waals surface area contributed by atoms with Crippen LogP contribution in [0.5, 0.6) is 5.75 Å². The lowest BCUT2D eigenvalue weighted by molar-refractivity contribution is -0.149. The molecule has 3 aromatic carbocycles. The molecule has 0 spiro atoms. The molecule has 0 saturated carbocycles. The summed E-state index contributed by atoms with van der Waals surface area (Å²) >= 11 is 0. The molecule has 0 unspecified atom stereocenters. The van der Waals surface area contributed by atoms with Crippen molar-refractivity contribution >= 4 is 28.3 Å². The Bertz CT molecular complexity index is 931. The third kappa shape index (κ3) is 4.60. The van der Waals surface area contributed by atoms with E-state index in [1.165, 1.54) is 0 Å². The summed E-state index contributed by atoms with van der Waals surface area (Å²) in [7, 11) is 0. The maximum Gasteiger partial charge on any atom is 0.344 e. The number of ether oxygens (including phenoxy) is 2. The first-order chi connectivity index (χ1) is 12.6. The number of anilines is 1. The van der Waals surface area contributed by atoms with E-state index in [1.54, 1.807) is 6.07 Å². The van der Waals surface area contributed by atoms with Gasteiger partial charge in [-0.15, -0.1) is 0 Å².